The first-order chi connectivity index (χ1) is 8.17. The average Bonchev–Trinajstić information content (AvgIpc) is 2.71. The van der Waals surface area contributed by atoms with E-state index in [1.165, 1.54) is 5.38 Å². The van der Waals surface area contributed by atoms with E-state index in [1.807, 2.05) is 0 Å². The van der Waals surface area contributed by atoms with E-state index in [0.29, 0.717) is 5.13 Å². The smallest absolute Gasteiger partial charge is 0.347 e. The highest BCUT2D eigenvalue weighted by molar-refractivity contribution is 7.13. The van der Waals surface area contributed by atoms with Crippen molar-refractivity contribution in [1.82, 2.24) is 4.98 Å². The first kappa shape index (κ1) is 13.1. The minimum atomic E-state index is -0.570. The molecule has 0 amide bonds. The summed E-state index contributed by atoms with van der Waals surface area (Å²) in [5, 5.41) is 5.26. The number of anilines is 1. The Hall–Kier alpha value is -1.96. The molecule has 1 heterocycles. The van der Waals surface area contributed by atoms with Crippen LogP contribution in [0.3, 0.4) is 0 Å². The molecular formula is C9H10N3O4S. The van der Waals surface area contributed by atoms with Crippen LogP contribution in [0.2, 0.25) is 0 Å². The number of nitrogens with two attached hydrogens (primary N) is 1. The Morgan fingerprint density at radius 2 is 2.47 bits per heavy atom. The van der Waals surface area contributed by atoms with Gasteiger partial charge in [0, 0.05) is 5.38 Å². The predicted molar refractivity (Wildman–Crippen MR) is 61.3 cm³/mol. The maximum atomic E-state index is 10.9. The zero-order valence-corrected chi connectivity index (χ0v) is 9.82. The first-order valence-electron chi connectivity index (χ1n) is 4.62. The molecule has 0 saturated heterocycles. The monoisotopic (exact) mass is 256 g/mol. The van der Waals surface area contributed by atoms with Gasteiger partial charge in [0.2, 0.25) is 6.61 Å². The van der Waals surface area contributed by atoms with Crippen LogP contribution < -0.4 is 5.73 Å². The molecule has 0 atom stereocenters. The Bertz CT molecular complexity index is 430. The number of aromatic nitrogens is 1. The fourth-order valence-electron chi connectivity index (χ4n) is 0.866. The van der Waals surface area contributed by atoms with Crippen LogP contribution in [-0.4, -0.2) is 36.2 Å². The molecule has 0 aliphatic heterocycles. The lowest BCUT2D eigenvalue weighted by atomic mass is 10.3. The summed E-state index contributed by atoms with van der Waals surface area (Å²) in [6, 6.07) is 0. The van der Waals surface area contributed by atoms with Gasteiger partial charge in [-0.05, 0) is 6.92 Å². The van der Waals surface area contributed by atoms with Gasteiger partial charge >= 0.3 is 5.97 Å². The fraction of sp³-hybridized carbons (Fsp3) is 0.333. The molecule has 17 heavy (non-hydrogen) atoms. The van der Waals surface area contributed by atoms with E-state index < -0.39 is 5.97 Å². The van der Waals surface area contributed by atoms with E-state index in [1.54, 1.807) is 13.2 Å². The zero-order chi connectivity index (χ0) is 12.7. The molecule has 0 aliphatic carbocycles. The number of ether oxygens (including phenoxy) is 1. The second-order valence-electron chi connectivity index (χ2n) is 2.69. The molecular weight excluding hydrogens is 246 g/mol. The molecule has 1 rings (SSSR count). The van der Waals surface area contributed by atoms with Crippen LogP contribution in [-0.2, 0) is 19.2 Å². The summed E-state index contributed by atoms with van der Waals surface area (Å²) < 4.78 is 4.60. The van der Waals surface area contributed by atoms with Crippen molar-refractivity contribution in [3.63, 3.8) is 0 Å². The molecule has 1 aromatic rings. The van der Waals surface area contributed by atoms with Crippen molar-refractivity contribution in [2.24, 2.45) is 5.16 Å². The van der Waals surface area contributed by atoms with E-state index in [4.69, 9.17) is 5.73 Å². The van der Waals surface area contributed by atoms with Gasteiger partial charge in [-0.25, -0.2) is 9.78 Å². The highest BCUT2D eigenvalue weighted by Crippen LogP contribution is 2.11. The van der Waals surface area contributed by atoms with Crippen molar-refractivity contribution >= 4 is 34.4 Å². The fourth-order valence-corrected chi connectivity index (χ4v) is 1.41. The van der Waals surface area contributed by atoms with E-state index in [9.17, 15) is 9.59 Å². The second-order valence-corrected chi connectivity index (χ2v) is 3.58. The van der Waals surface area contributed by atoms with Crippen LogP contribution in [0.1, 0.15) is 12.6 Å². The normalized spacial score (nSPS) is 11.0. The summed E-state index contributed by atoms with van der Waals surface area (Å²) in [5.74, 6) is -0.570. The van der Waals surface area contributed by atoms with Gasteiger partial charge in [-0.1, -0.05) is 5.16 Å². The van der Waals surface area contributed by atoms with Gasteiger partial charge in [0.25, 0.3) is 6.29 Å². The van der Waals surface area contributed by atoms with Crippen LogP contribution in [0, 0.1) is 0 Å². The summed E-state index contributed by atoms with van der Waals surface area (Å²) >= 11 is 1.16. The summed E-state index contributed by atoms with van der Waals surface area (Å²) in [5.41, 5.74) is 5.50. The molecule has 0 aromatic carbocycles. The second kappa shape index (κ2) is 6.59. The molecule has 2 N–H and O–H groups in total. The number of hydrogen-bond acceptors (Lipinski definition) is 8. The van der Waals surface area contributed by atoms with Gasteiger partial charge in [0.15, 0.2) is 10.8 Å². The Kier molecular flexibility index (Phi) is 5.08. The van der Waals surface area contributed by atoms with Crippen molar-refractivity contribution in [1.29, 1.82) is 0 Å². The van der Waals surface area contributed by atoms with Gasteiger partial charge in [-0.2, -0.15) is 0 Å². The Morgan fingerprint density at radius 3 is 3.00 bits per heavy atom. The SMILES string of the molecule is CCOC(=O)CON=C([C]=O)c1csc(N)n1. The molecule has 1 radical (unpaired) electrons. The number of esters is 1. The van der Waals surface area contributed by atoms with Crippen LogP contribution in [0.4, 0.5) is 5.13 Å². The van der Waals surface area contributed by atoms with E-state index in [0.717, 1.165) is 11.3 Å². The molecule has 0 unspecified atom stereocenters. The van der Waals surface area contributed by atoms with Gasteiger partial charge in [0.1, 0.15) is 5.69 Å². The molecule has 0 aliphatic rings. The van der Waals surface area contributed by atoms with E-state index in [2.05, 4.69) is 19.7 Å². The lowest BCUT2D eigenvalue weighted by Crippen LogP contribution is -2.12. The third-order valence-corrected chi connectivity index (χ3v) is 2.18. The third-order valence-electron chi connectivity index (χ3n) is 1.50. The lowest BCUT2D eigenvalue weighted by molar-refractivity contribution is -0.148. The van der Waals surface area contributed by atoms with Crippen LogP contribution >= 0.6 is 11.3 Å². The van der Waals surface area contributed by atoms with E-state index in [-0.39, 0.29) is 24.6 Å². The Balaban J connectivity index is 2.56. The standard InChI is InChI=1S/C9H10N3O4S/c1-2-15-8(14)4-16-12-6(3-13)7-5-17-9(10)11-7/h5H,2,4H2,1H3,(H2,10,11). The van der Waals surface area contributed by atoms with Gasteiger partial charge in [-0.15, -0.1) is 11.3 Å². The lowest BCUT2D eigenvalue weighted by Gasteiger charge is -1.99. The van der Waals surface area contributed by atoms with Crippen molar-refractivity contribution < 1.29 is 19.2 Å². The molecule has 8 heteroatoms. The molecule has 91 valence electrons. The molecule has 0 fully saturated rings. The summed E-state index contributed by atoms with van der Waals surface area (Å²) in [6.07, 6.45) is 1.55. The topological polar surface area (TPSA) is 104 Å². The van der Waals surface area contributed by atoms with Gasteiger partial charge in [-0.3, -0.25) is 4.79 Å². The number of nitrogen functional groups attached to an aromatic ring is 1. The molecule has 0 saturated carbocycles. The van der Waals surface area contributed by atoms with Gasteiger partial charge < -0.3 is 15.3 Å². The van der Waals surface area contributed by atoms with Crippen molar-refractivity contribution in [2.75, 3.05) is 18.9 Å². The van der Waals surface area contributed by atoms with Crippen molar-refractivity contribution in [3.05, 3.63) is 11.1 Å². The number of oxime groups is 1. The number of thiazole rings is 1. The van der Waals surface area contributed by atoms with Gasteiger partial charge in [0.05, 0.1) is 6.61 Å². The first-order valence-corrected chi connectivity index (χ1v) is 5.50. The molecule has 7 nitrogen and oxygen atoms in total. The summed E-state index contributed by atoms with van der Waals surface area (Å²) in [6.45, 7) is 1.55. The van der Waals surface area contributed by atoms with Crippen LogP contribution in [0.25, 0.3) is 0 Å². The van der Waals surface area contributed by atoms with Crippen molar-refractivity contribution in [3.8, 4) is 0 Å². The number of carbonyl (C=O) groups excluding carboxylic acids is 2. The molecule has 0 bridgehead atoms. The number of carbonyl (C=O) groups is 1. The molecule has 0 spiro atoms. The third kappa shape index (κ3) is 4.19. The minimum Gasteiger partial charge on any atom is -0.463 e. The number of nitrogens with zero attached hydrogens (tertiary/aromatic N) is 2. The van der Waals surface area contributed by atoms with E-state index >= 15 is 0 Å². The van der Waals surface area contributed by atoms with Crippen LogP contribution in [0.15, 0.2) is 10.5 Å². The minimum absolute atomic E-state index is 0.151. The zero-order valence-electron chi connectivity index (χ0n) is 9.00. The Labute approximate surface area is 101 Å². The van der Waals surface area contributed by atoms with Crippen LogP contribution in [0.5, 0.6) is 0 Å². The summed E-state index contributed by atoms with van der Waals surface area (Å²) in [4.78, 5) is 30.0. The van der Waals surface area contributed by atoms with Crippen molar-refractivity contribution in [2.45, 2.75) is 6.92 Å². The average molecular weight is 256 g/mol. The largest absolute Gasteiger partial charge is 0.463 e. The summed E-state index contributed by atoms with van der Waals surface area (Å²) in [7, 11) is 0. The quantitative estimate of drug-likeness (QED) is 0.440. The maximum Gasteiger partial charge on any atom is 0.347 e. The predicted octanol–water partition coefficient (Wildman–Crippen LogP) is 0.119. The maximum absolute atomic E-state index is 10.9. The highest BCUT2D eigenvalue weighted by atomic mass is 32.1. The number of rotatable bonds is 6. The molecule has 1 aromatic heterocycles. The highest BCUT2D eigenvalue weighted by Gasteiger charge is 2.09. The number of hydrogen-bond donors (Lipinski definition) is 1. The Morgan fingerprint density at radius 1 is 1.71 bits per heavy atom.